The standard InChI is InChI=1S/C12H21N3O5S3.ClH/c1-2-4-14-10-8-15(5-3-6-16)23(19,20)12-9(10)7-11(21-12)22(13,17)18;/h7,10,14,16H,2-6,8H2,1H3,(H2,13,17,18);1H. The number of aliphatic hydroxyl groups excluding tert-OH is 1. The molecule has 24 heavy (non-hydrogen) atoms. The van der Waals surface area contributed by atoms with E-state index >= 15 is 0 Å². The van der Waals surface area contributed by atoms with Gasteiger partial charge in [-0.1, -0.05) is 6.92 Å². The Morgan fingerprint density at radius 3 is 2.71 bits per heavy atom. The summed E-state index contributed by atoms with van der Waals surface area (Å²) in [4.78, 5) is 0. The number of nitrogens with zero attached hydrogens (tertiary/aromatic N) is 1. The normalized spacial score (nSPS) is 20.4. The lowest BCUT2D eigenvalue weighted by Crippen LogP contribution is -2.44. The van der Waals surface area contributed by atoms with Crippen molar-refractivity contribution in [1.29, 1.82) is 0 Å². The number of halogens is 1. The molecule has 0 saturated carbocycles. The number of thiophene rings is 1. The van der Waals surface area contributed by atoms with Gasteiger partial charge in [-0.05, 0) is 25.5 Å². The number of fused-ring (bicyclic) bond motifs is 1. The predicted molar refractivity (Wildman–Crippen MR) is 94.4 cm³/mol. The van der Waals surface area contributed by atoms with E-state index in [1.807, 2.05) is 6.92 Å². The topological polar surface area (TPSA) is 130 Å². The lowest BCUT2D eigenvalue weighted by atomic mass is 10.1. The van der Waals surface area contributed by atoms with Crippen molar-refractivity contribution in [2.75, 3.05) is 26.2 Å². The van der Waals surface area contributed by atoms with Gasteiger partial charge in [0.05, 0.1) is 0 Å². The minimum Gasteiger partial charge on any atom is -0.396 e. The third kappa shape index (κ3) is 4.47. The molecule has 0 aliphatic carbocycles. The summed E-state index contributed by atoms with van der Waals surface area (Å²) in [6, 6.07) is 1.06. The summed E-state index contributed by atoms with van der Waals surface area (Å²) in [6.45, 7) is 2.94. The maximum absolute atomic E-state index is 12.7. The summed E-state index contributed by atoms with van der Waals surface area (Å²) < 4.78 is 49.6. The molecule has 1 unspecified atom stereocenters. The second-order valence-corrected chi connectivity index (χ2v) is 10.3. The Morgan fingerprint density at radius 1 is 1.50 bits per heavy atom. The van der Waals surface area contributed by atoms with E-state index in [-0.39, 0.29) is 46.6 Å². The summed E-state index contributed by atoms with van der Waals surface area (Å²) >= 11 is 0.679. The molecule has 0 bridgehead atoms. The van der Waals surface area contributed by atoms with Crippen molar-refractivity contribution in [2.45, 2.75) is 34.2 Å². The van der Waals surface area contributed by atoms with Crippen LogP contribution < -0.4 is 10.5 Å². The Kier molecular flexibility index (Phi) is 7.63. The van der Waals surface area contributed by atoms with Crippen LogP contribution in [0.3, 0.4) is 0 Å². The molecule has 1 aromatic heterocycles. The molecule has 4 N–H and O–H groups in total. The Labute approximate surface area is 152 Å². The first-order valence-electron chi connectivity index (χ1n) is 7.22. The highest BCUT2D eigenvalue weighted by atomic mass is 35.5. The summed E-state index contributed by atoms with van der Waals surface area (Å²) in [5.41, 5.74) is 0.452. The van der Waals surface area contributed by atoms with E-state index in [4.69, 9.17) is 10.2 Å². The lowest BCUT2D eigenvalue weighted by Gasteiger charge is -2.32. The number of hydrogen-bond acceptors (Lipinski definition) is 7. The molecule has 2 heterocycles. The number of nitrogens with two attached hydrogens (primary N) is 1. The molecule has 0 saturated heterocycles. The average molecular weight is 420 g/mol. The van der Waals surface area contributed by atoms with Crippen LogP contribution in [0.15, 0.2) is 14.5 Å². The largest absolute Gasteiger partial charge is 0.396 e. The van der Waals surface area contributed by atoms with Crippen molar-refractivity contribution in [1.82, 2.24) is 9.62 Å². The first-order valence-corrected chi connectivity index (χ1v) is 11.0. The van der Waals surface area contributed by atoms with Gasteiger partial charge in [-0.15, -0.1) is 23.7 Å². The van der Waals surface area contributed by atoms with E-state index in [0.717, 1.165) is 6.42 Å². The summed E-state index contributed by atoms with van der Waals surface area (Å²) in [5, 5.41) is 17.3. The van der Waals surface area contributed by atoms with E-state index in [1.165, 1.54) is 10.4 Å². The lowest BCUT2D eigenvalue weighted by molar-refractivity contribution is 0.260. The summed E-state index contributed by atoms with van der Waals surface area (Å²) in [7, 11) is -7.73. The van der Waals surface area contributed by atoms with E-state index in [0.29, 0.717) is 29.9 Å². The van der Waals surface area contributed by atoms with E-state index in [2.05, 4.69) is 5.32 Å². The van der Waals surface area contributed by atoms with Gasteiger partial charge in [0.1, 0.15) is 8.42 Å². The monoisotopic (exact) mass is 419 g/mol. The van der Waals surface area contributed by atoms with Crippen LogP contribution in [0.5, 0.6) is 0 Å². The molecule has 12 heteroatoms. The van der Waals surface area contributed by atoms with Crippen LogP contribution in [-0.2, 0) is 20.0 Å². The number of aliphatic hydroxyl groups is 1. The maximum atomic E-state index is 12.7. The van der Waals surface area contributed by atoms with Crippen molar-refractivity contribution in [2.24, 2.45) is 5.14 Å². The molecule has 140 valence electrons. The molecular weight excluding hydrogens is 398 g/mol. The molecule has 0 aromatic carbocycles. The van der Waals surface area contributed by atoms with Crippen LogP contribution in [-0.4, -0.2) is 52.5 Å². The van der Waals surface area contributed by atoms with Gasteiger partial charge in [0.15, 0.2) is 0 Å². The van der Waals surface area contributed by atoms with Gasteiger partial charge in [0.25, 0.3) is 10.0 Å². The zero-order valence-electron chi connectivity index (χ0n) is 13.1. The van der Waals surface area contributed by atoms with Gasteiger partial charge >= 0.3 is 0 Å². The highest BCUT2D eigenvalue weighted by molar-refractivity contribution is 7.94. The van der Waals surface area contributed by atoms with Crippen LogP contribution in [0, 0.1) is 0 Å². The first kappa shape index (κ1) is 21.8. The Balaban J connectivity index is 0.00000288. The van der Waals surface area contributed by atoms with Crippen molar-refractivity contribution in [3.8, 4) is 0 Å². The fraction of sp³-hybridized carbons (Fsp3) is 0.667. The van der Waals surface area contributed by atoms with Crippen LogP contribution in [0.1, 0.15) is 31.4 Å². The number of nitrogens with one attached hydrogen (secondary N) is 1. The van der Waals surface area contributed by atoms with Gasteiger partial charge < -0.3 is 10.4 Å². The van der Waals surface area contributed by atoms with Gasteiger partial charge in [-0.2, -0.15) is 4.31 Å². The maximum Gasteiger partial charge on any atom is 0.252 e. The number of sulfonamides is 2. The molecule has 0 radical (unpaired) electrons. The number of hydrogen-bond donors (Lipinski definition) is 3. The van der Waals surface area contributed by atoms with Crippen LogP contribution >= 0.6 is 23.7 Å². The highest BCUT2D eigenvalue weighted by Crippen LogP contribution is 2.39. The summed E-state index contributed by atoms with van der Waals surface area (Å²) in [5.74, 6) is 0. The van der Waals surface area contributed by atoms with Gasteiger partial charge in [0.2, 0.25) is 10.0 Å². The van der Waals surface area contributed by atoms with Crippen LogP contribution in [0.4, 0.5) is 0 Å². The van der Waals surface area contributed by atoms with Gasteiger partial charge in [0, 0.05) is 31.3 Å². The SMILES string of the molecule is CCCNC1CN(CCCO)S(=O)(=O)c2sc(S(N)(=O)=O)cc21.Cl. The molecule has 1 atom stereocenters. The number of primary sulfonamides is 1. The summed E-state index contributed by atoms with van der Waals surface area (Å²) in [6.07, 6.45) is 1.18. The predicted octanol–water partition coefficient (Wildman–Crippen LogP) is 0.245. The Bertz CT molecular complexity index is 763. The van der Waals surface area contributed by atoms with Crippen molar-refractivity contribution in [3.63, 3.8) is 0 Å². The first-order chi connectivity index (χ1) is 10.7. The molecule has 2 rings (SSSR count). The van der Waals surface area contributed by atoms with E-state index in [1.54, 1.807) is 0 Å². The van der Waals surface area contributed by atoms with Crippen molar-refractivity contribution >= 4 is 43.8 Å². The third-order valence-corrected chi connectivity index (χ3v) is 8.49. The van der Waals surface area contributed by atoms with Crippen LogP contribution in [0.2, 0.25) is 0 Å². The number of rotatable bonds is 7. The third-order valence-electron chi connectivity index (χ3n) is 3.52. The zero-order valence-corrected chi connectivity index (χ0v) is 16.4. The van der Waals surface area contributed by atoms with Crippen molar-refractivity contribution < 1.29 is 21.9 Å². The molecule has 1 aliphatic heterocycles. The van der Waals surface area contributed by atoms with Gasteiger partial charge in [-0.25, -0.2) is 22.0 Å². The van der Waals surface area contributed by atoms with Gasteiger partial charge in [-0.3, -0.25) is 0 Å². The van der Waals surface area contributed by atoms with Crippen LogP contribution in [0.25, 0.3) is 0 Å². The molecule has 0 amide bonds. The highest BCUT2D eigenvalue weighted by Gasteiger charge is 2.39. The fourth-order valence-electron chi connectivity index (χ4n) is 2.42. The second kappa shape index (κ2) is 8.41. The Hall–Kier alpha value is -0.270. The molecule has 8 nitrogen and oxygen atoms in total. The molecule has 1 aromatic rings. The fourth-order valence-corrected chi connectivity index (χ4v) is 6.73. The minimum absolute atomic E-state index is 0. The molecule has 0 spiro atoms. The quantitative estimate of drug-likeness (QED) is 0.580. The zero-order chi connectivity index (χ0) is 17.3. The second-order valence-electron chi connectivity index (χ2n) is 5.30. The average Bonchev–Trinajstić information content (AvgIpc) is 2.92. The molecule has 0 fully saturated rings. The minimum atomic E-state index is -3.96. The Morgan fingerprint density at radius 2 is 2.17 bits per heavy atom. The molecular formula is C12H22ClN3O5S3. The molecule has 1 aliphatic rings. The van der Waals surface area contributed by atoms with Crippen molar-refractivity contribution in [3.05, 3.63) is 11.6 Å². The van der Waals surface area contributed by atoms with E-state index in [9.17, 15) is 16.8 Å². The smallest absolute Gasteiger partial charge is 0.252 e. The van der Waals surface area contributed by atoms with E-state index < -0.39 is 20.0 Å².